The molecule has 0 aliphatic carbocycles. The number of hydrogen-bond acceptors (Lipinski definition) is 5. The molecule has 112 valence electrons. The second kappa shape index (κ2) is 4.99. The first-order valence-corrected chi connectivity index (χ1v) is 7.05. The zero-order valence-corrected chi connectivity index (χ0v) is 12.3. The van der Waals surface area contributed by atoms with Crippen molar-refractivity contribution in [1.29, 1.82) is 0 Å². The average molecular weight is 326 g/mol. The number of hydrogen-bond donors (Lipinski definition) is 1. The first-order valence-electron chi connectivity index (χ1n) is 6.67. The molecular formula is C15H8ClN5O2. The van der Waals surface area contributed by atoms with Gasteiger partial charge in [-0.15, -0.1) is 0 Å². The first kappa shape index (κ1) is 13.6. The lowest BCUT2D eigenvalue weighted by atomic mass is 10.2. The smallest absolute Gasteiger partial charge is 0.275 e. The Bertz CT molecular complexity index is 1120. The van der Waals surface area contributed by atoms with Crippen LogP contribution in [0.5, 0.6) is 0 Å². The second-order valence-corrected chi connectivity index (χ2v) is 5.26. The van der Waals surface area contributed by atoms with E-state index in [0.717, 1.165) is 0 Å². The number of H-pyrrole nitrogens is 1. The molecule has 0 atom stereocenters. The molecule has 23 heavy (non-hydrogen) atoms. The fourth-order valence-electron chi connectivity index (χ4n) is 2.41. The average Bonchev–Trinajstić information content (AvgIpc) is 2.54. The summed E-state index contributed by atoms with van der Waals surface area (Å²) in [6.07, 6.45) is 1.47. The lowest BCUT2D eigenvalue weighted by molar-refractivity contribution is 0.927. The minimum atomic E-state index is -0.734. The fourth-order valence-corrected chi connectivity index (χ4v) is 2.56. The van der Waals surface area contributed by atoms with Gasteiger partial charge in [0.1, 0.15) is 5.52 Å². The van der Waals surface area contributed by atoms with E-state index in [0.29, 0.717) is 21.9 Å². The molecule has 0 saturated heterocycles. The van der Waals surface area contributed by atoms with Gasteiger partial charge in [0.05, 0.1) is 5.02 Å². The lowest BCUT2D eigenvalue weighted by Gasteiger charge is -2.15. The third-order valence-electron chi connectivity index (χ3n) is 3.34. The van der Waals surface area contributed by atoms with Crippen molar-refractivity contribution in [2.75, 3.05) is 0 Å². The molecule has 0 radical (unpaired) electrons. The van der Waals surface area contributed by atoms with Crippen LogP contribution in [0.2, 0.25) is 5.02 Å². The number of benzene rings is 1. The van der Waals surface area contributed by atoms with E-state index in [9.17, 15) is 9.59 Å². The van der Waals surface area contributed by atoms with Crippen LogP contribution in [0.25, 0.3) is 28.4 Å². The first-order chi connectivity index (χ1) is 11.1. The molecular weight excluding hydrogens is 318 g/mol. The number of nitrogens with zero attached hydrogens (tertiary/aromatic N) is 4. The van der Waals surface area contributed by atoms with Crippen molar-refractivity contribution in [1.82, 2.24) is 24.5 Å². The van der Waals surface area contributed by atoms with Crippen LogP contribution in [0.3, 0.4) is 0 Å². The quantitative estimate of drug-likeness (QED) is 0.537. The van der Waals surface area contributed by atoms with Crippen molar-refractivity contribution in [2.45, 2.75) is 0 Å². The number of fused-ring (bicyclic) bond motifs is 2. The van der Waals surface area contributed by atoms with E-state index >= 15 is 0 Å². The van der Waals surface area contributed by atoms with Gasteiger partial charge in [0.2, 0.25) is 0 Å². The maximum absolute atomic E-state index is 12.1. The van der Waals surface area contributed by atoms with E-state index in [4.69, 9.17) is 11.6 Å². The minimum absolute atomic E-state index is 0.0463. The Labute approximate surface area is 133 Å². The van der Waals surface area contributed by atoms with Crippen LogP contribution in [-0.4, -0.2) is 24.5 Å². The molecule has 0 fully saturated rings. The summed E-state index contributed by atoms with van der Waals surface area (Å²) in [5.74, 6) is 0.146. The highest BCUT2D eigenvalue weighted by atomic mass is 35.5. The predicted octanol–water partition coefficient (Wildman–Crippen LogP) is 1.62. The fraction of sp³-hybridized carbons (Fsp3) is 0. The lowest BCUT2D eigenvalue weighted by Crippen LogP contribution is -2.28. The summed E-state index contributed by atoms with van der Waals surface area (Å²) in [4.78, 5) is 38.3. The SMILES string of the molecule is O=c1nc2n(-c3ccccc3)c3ncc(Cl)cc3nc-2c(=O)[nH]1. The highest BCUT2D eigenvalue weighted by Gasteiger charge is 2.20. The van der Waals surface area contributed by atoms with Crippen molar-refractivity contribution in [3.63, 3.8) is 0 Å². The number of aromatic nitrogens is 5. The van der Waals surface area contributed by atoms with Crippen LogP contribution in [0.15, 0.2) is 52.2 Å². The summed E-state index contributed by atoms with van der Waals surface area (Å²) < 4.78 is 1.62. The van der Waals surface area contributed by atoms with Gasteiger partial charge >= 0.3 is 5.69 Å². The van der Waals surface area contributed by atoms with Crippen LogP contribution in [0, 0.1) is 0 Å². The van der Waals surface area contributed by atoms with Crippen molar-refractivity contribution in [3.05, 3.63) is 68.5 Å². The van der Waals surface area contributed by atoms with Gasteiger partial charge < -0.3 is 0 Å². The Balaban J connectivity index is 2.27. The molecule has 0 saturated carbocycles. The van der Waals surface area contributed by atoms with Crippen molar-refractivity contribution < 1.29 is 0 Å². The van der Waals surface area contributed by atoms with E-state index in [1.54, 1.807) is 10.6 Å². The second-order valence-electron chi connectivity index (χ2n) is 4.82. The number of rotatable bonds is 1. The van der Waals surface area contributed by atoms with Gasteiger partial charge in [-0.25, -0.2) is 14.8 Å². The van der Waals surface area contributed by atoms with Crippen LogP contribution in [-0.2, 0) is 0 Å². The highest BCUT2D eigenvalue weighted by molar-refractivity contribution is 6.31. The number of aromatic amines is 1. The third-order valence-corrected chi connectivity index (χ3v) is 3.55. The molecule has 7 nitrogen and oxygen atoms in total. The number of para-hydroxylation sites is 1. The largest absolute Gasteiger partial charge is 0.349 e. The minimum Gasteiger partial charge on any atom is -0.275 e. The number of pyridine rings is 1. The zero-order valence-electron chi connectivity index (χ0n) is 11.5. The molecule has 2 aromatic rings. The molecule has 2 aliphatic rings. The predicted molar refractivity (Wildman–Crippen MR) is 85.2 cm³/mol. The van der Waals surface area contributed by atoms with E-state index in [-0.39, 0.29) is 11.5 Å². The summed E-state index contributed by atoms with van der Waals surface area (Å²) in [6.45, 7) is 0. The Hall–Kier alpha value is -3.06. The maximum Gasteiger partial charge on any atom is 0.349 e. The van der Waals surface area contributed by atoms with Gasteiger partial charge in [-0.3, -0.25) is 14.3 Å². The van der Waals surface area contributed by atoms with Gasteiger partial charge in [0.25, 0.3) is 5.56 Å². The van der Waals surface area contributed by atoms with E-state index in [2.05, 4.69) is 19.9 Å². The van der Waals surface area contributed by atoms with Crippen LogP contribution in [0.4, 0.5) is 0 Å². The van der Waals surface area contributed by atoms with E-state index < -0.39 is 11.2 Å². The summed E-state index contributed by atoms with van der Waals surface area (Å²) in [7, 11) is 0. The standard InChI is InChI=1S/C15H8ClN5O2/c16-8-6-10-12(17-7-8)21(9-4-2-1-3-5-9)13-11(18-10)14(22)20-15(23)19-13/h1-7H,(H,20,22,23). The van der Waals surface area contributed by atoms with Crippen molar-refractivity contribution >= 4 is 22.8 Å². The zero-order chi connectivity index (χ0) is 16.0. The molecule has 0 bridgehead atoms. The summed E-state index contributed by atoms with van der Waals surface area (Å²) >= 11 is 5.97. The molecule has 4 rings (SSSR count). The Morgan fingerprint density at radius 3 is 2.65 bits per heavy atom. The molecule has 1 N–H and O–H groups in total. The molecule has 3 heterocycles. The summed E-state index contributed by atoms with van der Waals surface area (Å²) in [6, 6.07) is 10.8. The van der Waals surface area contributed by atoms with E-state index in [1.807, 2.05) is 30.3 Å². The Morgan fingerprint density at radius 1 is 1.09 bits per heavy atom. The van der Waals surface area contributed by atoms with Gasteiger partial charge in [0.15, 0.2) is 17.2 Å². The Kier molecular flexibility index (Phi) is 2.95. The molecule has 2 aliphatic heterocycles. The molecule has 0 amide bonds. The third kappa shape index (κ3) is 2.18. The van der Waals surface area contributed by atoms with Gasteiger partial charge in [0, 0.05) is 11.9 Å². The molecule has 0 unspecified atom stereocenters. The summed E-state index contributed by atoms with van der Waals surface area (Å²) in [5.41, 5.74) is 0.293. The maximum atomic E-state index is 12.1. The van der Waals surface area contributed by atoms with E-state index in [1.165, 1.54) is 6.20 Å². The van der Waals surface area contributed by atoms with Crippen molar-refractivity contribution in [2.24, 2.45) is 0 Å². The summed E-state index contributed by atoms with van der Waals surface area (Å²) in [5, 5.41) is 0.397. The Morgan fingerprint density at radius 2 is 1.87 bits per heavy atom. The van der Waals surface area contributed by atoms with Gasteiger partial charge in [-0.05, 0) is 18.2 Å². The van der Waals surface area contributed by atoms with Crippen LogP contribution < -0.4 is 11.2 Å². The molecule has 0 spiro atoms. The highest BCUT2D eigenvalue weighted by Crippen LogP contribution is 2.24. The number of halogens is 1. The monoisotopic (exact) mass is 325 g/mol. The molecule has 1 aromatic heterocycles. The van der Waals surface area contributed by atoms with Gasteiger partial charge in [-0.1, -0.05) is 29.8 Å². The molecule has 1 aromatic carbocycles. The molecule has 8 heteroatoms. The van der Waals surface area contributed by atoms with Crippen molar-refractivity contribution in [3.8, 4) is 17.2 Å². The van der Waals surface area contributed by atoms with Crippen LogP contribution >= 0.6 is 11.6 Å². The normalized spacial score (nSPS) is 11.2. The topological polar surface area (TPSA) is 93.5 Å². The van der Waals surface area contributed by atoms with Gasteiger partial charge in [-0.2, -0.15) is 4.98 Å². The number of nitrogens with one attached hydrogen (secondary N) is 1. The van der Waals surface area contributed by atoms with Crippen LogP contribution in [0.1, 0.15) is 0 Å².